The molecule has 0 bridgehead atoms. The molecule has 7 heteroatoms. The van der Waals surface area contributed by atoms with Gasteiger partial charge in [-0.25, -0.2) is 0 Å². The van der Waals surface area contributed by atoms with E-state index in [1.165, 1.54) is 11.1 Å². The van der Waals surface area contributed by atoms with E-state index in [0.29, 0.717) is 5.92 Å². The number of nitrogens with zero attached hydrogens (tertiary/aromatic N) is 3. The van der Waals surface area contributed by atoms with Gasteiger partial charge in [0.2, 0.25) is 0 Å². The molecule has 0 amide bonds. The first kappa shape index (κ1) is 20.0. The number of halogens is 1. The van der Waals surface area contributed by atoms with Crippen molar-refractivity contribution in [2.24, 2.45) is 4.99 Å². The van der Waals surface area contributed by atoms with E-state index >= 15 is 0 Å². The van der Waals surface area contributed by atoms with Gasteiger partial charge in [0.15, 0.2) is 5.96 Å². The number of aliphatic imine (C=N–C) groups is 1. The Hall–Kier alpha value is -1.09. The van der Waals surface area contributed by atoms with Crippen LogP contribution in [0, 0.1) is 6.92 Å². The first-order chi connectivity index (χ1) is 10.7. The van der Waals surface area contributed by atoms with Gasteiger partial charge in [0, 0.05) is 31.7 Å². The fourth-order valence-electron chi connectivity index (χ4n) is 2.11. The highest BCUT2D eigenvalue weighted by Gasteiger charge is 2.06. The lowest BCUT2D eigenvalue weighted by Gasteiger charge is -2.13. The lowest BCUT2D eigenvalue weighted by Crippen LogP contribution is -2.39. The van der Waals surface area contributed by atoms with Crippen LogP contribution < -0.4 is 10.6 Å². The van der Waals surface area contributed by atoms with Crippen LogP contribution in [0.5, 0.6) is 0 Å². The molecule has 1 atom stereocenters. The lowest BCUT2D eigenvalue weighted by molar-refractivity contribution is 0.597. The lowest BCUT2D eigenvalue weighted by atomic mass is 10.1. The van der Waals surface area contributed by atoms with Crippen LogP contribution in [-0.4, -0.2) is 35.4 Å². The molecule has 5 nitrogen and oxygen atoms in total. The molecule has 1 unspecified atom stereocenters. The maximum atomic E-state index is 4.68. The Bertz CT molecular complexity index is 579. The van der Waals surface area contributed by atoms with Crippen molar-refractivity contribution in [3.8, 4) is 0 Å². The third kappa shape index (κ3) is 6.90. The Morgan fingerprint density at radius 3 is 2.87 bits per heavy atom. The highest BCUT2D eigenvalue weighted by atomic mass is 127. The molecule has 2 rings (SSSR count). The van der Waals surface area contributed by atoms with Gasteiger partial charge in [0.05, 0.1) is 12.7 Å². The van der Waals surface area contributed by atoms with Gasteiger partial charge in [-0.3, -0.25) is 9.67 Å². The van der Waals surface area contributed by atoms with E-state index in [2.05, 4.69) is 51.4 Å². The Morgan fingerprint density at radius 1 is 1.43 bits per heavy atom. The molecule has 0 aliphatic rings. The Kier molecular flexibility index (Phi) is 9.23. The summed E-state index contributed by atoms with van der Waals surface area (Å²) in [7, 11) is 0. The molecule has 2 N–H and O–H groups in total. The number of thiophene rings is 1. The van der Waals surface area contributed by atoms with Crippen molar-refractivity contribution in [2.45, 2.75) is 33.2 Å². The maximum absolute atomic E-state index is 4.68. The van der Waals surface area contributed by atoms with Gasteiger partial charge in [-0.1, -0.05) is 6.92 Å². The van der Waals surface area contributed by atoms with E-state index in [9.17, 15) is 0 Å². The summed E-state index contributed by atoms with van der Waals surface area (Å²) in [5.41, 5.74) is 2.54. The van der Waals surface area contributed by atoms with Crippen LogP contribution in [0.4, 0.5) is 0 Å². The van der Waals surface area contributed by atoms with Crippen LogP contribution in [0.15, 0.2) is 34.2 Å². The average Bonchev–Trinajstić information content (AvgIpc) is 3.16. The number of hydrogen-bond acceptors (Lipinski definition) is 3. The second-order valence-electron chi connectivity index (χ2n) is 5.38. The Labute approximate surface area is 159 Å². The highest BCUT2D eigenvalue weighted by Crippen LogP contribution is 2.18. The summed E-state index contributed by atoms with van der Waals surface area (Å²) in [4.78, 5) is 4.68. The zero-order valence-electron chi connectivity index (χ0n) is 14.0. The van der Waals surface area contributed by atoms with Crippen LogP contribution in [-0.2, 0) is 6.54 Å². The molecule has 0 fully saturated rings. The minimum atomic E-state index is 0. The third-order valence-electron chi connectivity index (χ3n) is 3.38. The van der Waals surface area contributed by atoms with E-state index < -0.39 is 0 Å². The normalized spacial score (nSPS) is 12.6. The van der Waals surface area contributed by atoms with Gasteiger partial charge in [0.25, 0.3) is 0 Å². The van der Waals surface area contributed by atoms with Crippen LogP contribution >= 0.6 is 35.3 Å². The van der Waals surface area contributed by atoms with E-state index in [0.717, 1.165) is 32.1 Å². The summed E-state index contributed by atoms with van der Waals surface area (Å²) in [6.07, 6.45) is 3.92. The number of aromatic nitrogens is 2. The summed E-state index contributed by atoms with van der Waals surface area (Å²) < 4.78 is 1.94. The topological polar surface area (TPSA) is 54.2 Å². The number of hydrogen-bond donors (Lipinski definition) is 2. The molecule has 23 heavy (non-hydrogen) atoms. The molecule has 2 aromatic rings. The average molecular weight is 447 g/mol. The third-order valence-corrected chi connectivity index (χ3v) is 4.08. The highest BCUT2D eigenvalue weighted by molar-refractivity contribution is 14.0. The number of aryl methyl sites for hydroxylation is 1. The smallest absolute Gasteiger partial charge is 0.191 e. The summed E-state index contributed by atoms with van der Waals surface area (Å²) in [6, 6.07) is 2.17. The molecule has 0 saturated heterocycles. The van der Waals surface area contributed by atoms with Crippen molar-refractivity contribution < 1.29 is 0 Å². The second kappa shape index (κ2) is 10.6. The summed E-state index contributed by atoms with van der Waals surface area (Å²) in [6.45, 7) is 9.62. The second-order valence-corrected chi connectivity index (χ2v) is 6.16. The summed E-state index contributed by atoms with van der Waals surface area (Å²) >= 11 is 1.74. The maximum Gasteiger partial charge on any atom is 0.191 e. The van der Waals surface area contributed by atoms with Crippen LogP contribution in [0.2, 0.25) is 0 Å². The Balaban J connectivity index is 0.00000264. The summed E-state index contributed by atoms with van der Waals surface area (Å²) in [5, 5.41) is 15.2. The monoisotopic (exact) mass is 447 g/mol. The zero-order valence-corrected chi connectivity index (χ0v) is 17.1. The van der Waals surface area contributed by atoms with Crippen LogP contribution in [0.1, 0.15) is 30.9 Å². The largest absolute Gasteiger partial charge is 0.357 e. The molecule has 0 aromatic carbocycles. The molecule has 0 radical (unpaired) electrons. The van der Waals surface area contributed by atoms with Gasteiger partial charge in [-0.05, 0) is 41.8 Å². The van der Waals surface area contributed by atoms with Crippen molar-refractivity contribution in [3.63, 3.8) is 0 Å². The van der Waals surface area contributed by atoms with Gasteiger partial charge >= 0.3 is 0 Å². The van der Waals surface area contributed by atoms with E-state index in [4.69, 9.17) is 0 Å². The van der Waals surface area contributed by atoms with Crippen molar-refractivity contribution in [3.05, 3.63) is 40.3 Å². The van der Waals surface area contributed by atoms with E-state index in [-0.39, 0.29) is 24.0 Å². The van der Waals surface area contributed by atoms with Gasteiger partial charge < -0.3 is 10.6 Å². The summed E-state index contributed by atoms with van der Waals surface area (Å²) in [5.74, 6) is 1.31. The number of nitrogens with one attached hydrogen (secondary N) is 2. The molecular formula is C16H26IN5S. The molecule has 0 saturated carbocycles. The van der Waals surface area contributed by atoms with Gasteiger partial charge in [0.1, 0.15) is 0 Å². The molecule has 0 spiro atoms. The molecule has 0 aliphatic heterocycles. The Morgan fingerprint density at radius 2 is 2.26 bits per heavy atom. The predicted octanol–water partition coefficient (Wildman–Crippen LogP) is 3.23. The SMILES string of the molecule is CCNC(=NCC(C)c1ccsc1)NCCn1cc(C)cn1.I. The van der Waals surface area contributed by atoms with Gasteiger partial charge in [-0.15, -0.1) is 24.0 Å². The fraction of sp³-hybridized carbons (Fsp3) is 0.500. The fourth-order valence-corrected chi connectivity index (χ4v) is 2.89. The first-order valence-electron chi connectivity index (χ1n) is 7.72. The molecular weight excluding hydrogens is 421 g/mol. The minimum Gasteiger partial charge on any atom is -0.357 e. The van der Waals surface area contributed by atoms with E-state index in [1.807, 2.05) is 24.0 Å². The minimum absolute atomic E-state index is 0. The number of guanidine groups is 1. The molecule has 128 valence electrons. The molecule has 0 aliphatic carbocycles. The van der Waals surface area contributed by atoms with Crippen LogP contribution in [0.25, 0.3) is 0 Å². The van der Waals surface area contributed by atoms with Crippen molar-refractivity contribution in [1.82, 2.24) is 20.4 Å². The molecule has 2 aromatic heterocycles. The van der Waals surface area contributed by atoms with E-state index in [1.54, 1.807) is 11.3 Å². The zero-order chi connectivity index (χ0) is 15.8. The molecule has 2 heterocycles. The predicted molar refractivity (Wildman–Crippen MR) is 109 cm³/mol. The van der Waals surface area contributed by atoms with Crippen molar-refractivity contribution >= 4 is 41.3 Å². The number of rotatable bonds is 7. The van der Waals surface area contributed by atoms with Gasteiger partial charge in [-0.2, -0.15) is 16.4 Å². The van der Waals surface area contributed by atoms with Crippen molar-refractivity contribution in [1.29, 1.82) is 0 Å². The van der Waals surface area contributed by atoms with Crippen LogP contribution in [0.3, 0.4) is 0 Å². The quantitative estimate of drug-likeness (QED) is 0.389. The first-order valence-corrected chi connectivity index (χ1v) is 8.66. The van der Waals surface area contributed by atoms with Crippen molar-refractivity contribution in [2.75, 3.05) is 19.6 Å². The standard InChI is InChI=1S/C16H25N5S.HI/c1-4-17-16(18-6-7-21-11-13(2)9-20-21)19-10-14(3)15-5-8-22-12-15;/h5,8-9,11-12,14H,4,6-7,10H2,1-3H3,(H2,17,18,19);1H.